The summed E-state index contributed by atoms with van der Waals surface area (Å²) in [5.74, 6) is 0.190. The number of rotatable bonds is 6. The van der Waals surface area contributed by atoms with Gasteiger partial charge in [0.2, 0.25) is 9.84 Å². The van der Waals surface area contributed by atoms with E-state index >= 15 is 0 Å². The quantitative estimate of drug-likeness (QED) is 0.406. The standard InChI is InChI=1S/C23H25NO5S2/c1-16(2)18-8-11-20(12-9-18)30(26,27)21-13-10-19(17(3)4)15-22(21)31(28,29)23-7-5-6-14-24(23)25/h5-17H,1-4H3. The highest BCUT2D eigenvalue weighted by Crippen LogP contribution is 2.33. The highest BCUT2D eigenvalue weighted by molar-refractivity contribution is 7.94. The van der Waals surface area contributed by atoms with Gasteiger partial charge in [0.15, 0.2) is 6.20 Å². The molecule has 3 rings (SSSR count). The van der Waals surface area contributed by atoms with E-state index in [1.54, 1.807) is 18.2 Å². The molecule has 0 fully saturated rings. The number of hydrogen-bond acceptors (Lipinski definition) is 5. The van der Waals surface area contributed by atoms with E-state index in [0.717, 1.165) is 17.8 Å². The molecule has 2 aromatic carbocycles. The predicted molar refractivity (Wildman–Crippen MR) is 117 cm³/mol. The third-order valence-electron chi connectivity index (χ3n) is 5.13. The van der Waals surface area contributed by atoms with Crippen molar-refractivity contribution in [1.29, 1.82) is 0 Å². The Bertz CT molecular complexity index is 1310. The maximum Gasteiger partial charge on any atom is 0.313 e. The van der Waals surface area contributed by atoms with Gasteiger partial charge in [0.05, 0.1) is 14.7 Å². The van der Waals surface area contributed by atoms with Crippen molar-refractivity contribution in [3.8, 4) is 0 Å². The zero-order chi connectivity index (χ0) is 23.0. The summed E-state index contributed by atoms with van der Waals surface area (Å²) in [4.78, 5) is -0.755. The van der Waals surface area contributed by atoms with E-state index in [4.69, 9.17) is 0 Å². The first kappa shape index (κ1) is 23.0. The lowest BCUT2D eigenvalue weighted by molar-refractivity contribution is -0.646. The van der Waals surface area contributed by atoms with E-state index in [-0.39, 0.29) is 26.4 Å². The summed E-state index contributed by atoms with van der Waals surface area (Å²) in [5, 5.41) is 11.7. The number of aromatic nitrogens is 1. The maximum atomic E-state index is 13.4. The van der Waals surface area contributed by atoms with E-state index in [1.807, 2.05) is 27.7 Å². The first-order valence-corrected chi connectivity index (χ1v) is 12.8. The number of hydrogen-bond donors (Lipinski definition) is 0. The van der Waals surface area contributed by atoms with Crippen molar-refractivity contribution >= 4 is 19.7 Å². The Morgan fingerprint density at radius 1 is 0.710 bits per heavy atom. The smallest absolute Gasteiger partial charge is 0.313 e. The molecule has 0 aliphatic rings. The Balaban J connectivity index is 2.27. The summed E-state index contributed by atoms with van der Waals surface area (Å²) >= 11 is 0. The molecular weight excluding hydrogens is 434 g/mol. The predicted octanol–water partition coefficient (Wildman–Crippen LogP) is 4.23. The van der Waals surface area contributed by atoms with Crippen LogP contribution in [0.5, 0.6) is 0 Å². The fourth-order valence-corrected chi connectivity index (χ4v) is 6.59. The molecule has 0 amide bonds. The van der Waals surface area contributed by atoms with Crippen LogP contribution in [0.25, 0.3) is 0 Å². The third-order valence-corrected chi connectivity index (χ3v) is 8.87. The number of sulfone groups is 2. The van der Waals surface area contributed by atoms with Gasteiger partial charge in [-0.15, -0.1) is 0 Å². The zero-order valence-electron chi connectivity index (χ0n) is 17.8. The molecule has 0 unspecified atom stereocenters. The second kappa shape index (κ2) is 8.43. The highest BCUT2D eigenvalue weighted by Gasteiger charge is 2.34. The molecule has 0 N–H and O–H groups in total. The van der Waals surface area contributed by atoms with Crippen LogP contribution in [0, 0.1) is 5.21 Å². The van der Waals surface area contributed by atoms with E-state index in [2.05, 4.69) is 0 Å². The SMILES string of the molecule is CC(C)c1ccc(S(=O)(=O)c2ccc(C(C)C)cc2S(=O)(=O)c2cccc[n+]2[O-])cc1. The van der Waals surface area contributed by atoms with Crippen LogP contribution >= 0.6 is 0 Å². The summed E-state index contributed by atoms with van der Waals surface area (Å²) < 4.78 is 53.9. The molecule has 0 spiro atoms. The monoisotopic (exact) mass is 459 g/mol. The number of nitrogens with zero attached hydrogens (tertiary/aromatic N) is 1. The second-order valence-corrected chi connectivity index (χ2v) is 11.7. The van der Waals surface area contributed by atoms with Crippen molar-refractivity contribution in [2.45, 2.75) is 59.2 Å². The van der Waals surface area contributed by atoms with Crippen molar-refractivity contribution in [2.24, 2.45) is 0 Å². The molecular formula is C23H25NO5S2. The lowest BCUT2D eigenvalue weighted by atomic mass is 10.0. The molecule has 31 heavy (non-hydrogen) atoms. The molecule has 3 aromatic rings. The molecule has 8 heteroatoms. The molecule has 6 nitrogen and oxygen atoms in total. The average Bonchev–Trinajstić information content (AvgIpc) is 2.73. The zero-order valence-corrected chi connectivity index (χ0v) is 19.4. The van der Waals surface area contributed by atoms with E-state index in [9.17, 15) is 22.0 Å². The fraction of sp³-hybridized carbons (Fsp3) is 0.261. The molecule has 164 valence electrons. The lowest BCUT2D eigenvalue weighted by Gasteiger charge is -2.15. The van der Waals surface area contributed by atoms with Crippen LogP contribution < -0.4 is 4.73 Å². The molecule has 0 aliphatic carbocycles. The summed E-state index contributed by atoms with van der Waals surface area (Å²) in [5.41, 5.74) is 1.62. The second-order valence-electron chi connectivity index (χ2n) is 7.96. The normalized spacial score (nSPS) is 12.5. The minimum absolute atomic E-state index is 0.00583. The Morgan fingerprint density at radius 2 is 1.29 bits per heavy atom. The van der Waals surface area contributed by atoms with E-state index < -0.39 is 29.6 Å². The van der Waals surface area contributed by atoms with Crippen molar-refractivity contribution < 1.29 is 21.6 Å². The van der Waals surface area contributed by atoms with Crippen LogP contribution in [0.4, 0.5) is 0 Å². The molecule has 0 aliphatic heterocycles. The van der Waals surface area contributed by atoms with Gasteiger partial charge in [0, 0.05) is 12.1 Å². The Morgan fingerprint density at radius 3 is 1.84 bits per heavy atom. The van der Waals surface area contributed by atoms with Gasteiger partial charge < -0.3 is 5.21 Å². The third kappa shape index (κ3) is 4.36. The van der Waals surface area contributed by atoms with Crippen molar-refractivity contribution in [3.63, 3.8) is 0 Å². The van der Waals surface area contributed by atoms with Gasteiger partial charge in [-0.25, -0.2) is 16.8 Å². The summed E-state index contributed by atoms with van der Waals surface area (Å²) in [6.45, 7) is 7.75. The van der Waals surface area contributed by atoms with Gasteiger partial charge in [-0.05, 0) is 53.3 Å². The first-order chi connectivity index (χ1) is 14.5. The number of pyridine rings is 1. The van der Waals surface area contributed by atoms with Crippen LogP contribution in [0.2, 0.25) is 0 Å². The molecule has 1 heterocycles. The summed E-state index contributed by atoms with van der Waals surface area (Å²) in [6, 6.07) is 14.7. The largest absolute Gasteiger partial charge is 0.618 e. The molecule has 0 bridgehead atoms. The minimum atomic E-state index is -4.40. The molecule has 0 atom stereocenters. The minimum Gasteiger partial charge on any atom is -0.618 e. The number of benzene rings is 2. The van der Waals surface area contributed by atoms with Gasteiger partial charge in [0.1, 0.15) is 0 Å². The first-order valence-electron chi connectivity index (χ1n) is 9.88. The molecule has 0 radical (unpaired) electrons. The Kier molecular flexibility index (Phi) is 6.25. The van der Waals surface area contributed by atoms with Crippen molar-refractivity contribution in [3.05, 3.63) is 83.2 Å². The van der Waals surface area contributed by atoms with Gasteiger partial charge in [-0.3, -0.25) is 0 Å². The van der Waals surface area contributed by atoms with Gasteiger partial charge in [0.25, 0.3) is 9.84 Å². The Labute approximate surface area is 183 Å². The van der Waals surface area contributed by atoms with E-state index in [1.165, 1.54) is 36.4 Å². The van der Waals surface area contributed by atoms with E-state index in [0.29, 0.717) is 5.56 Å². The van der Waals surface area contributed by atoms with Crippen LogP contribution in [-0.2, 0) is 19.7 Å². The van der Waals surface area contributed by atoms with Gasteiger partial charge in [-0.2, -0.15) is 4.73 Å². The molecule has 1 aromatic heterocycles. The fourth-order valence-electron chi connectivity index (χ4n) is 3.21. The Hall–Kier alpha value is -2.71. The summed E-state index contributed by atoms with van der Waals surface area (Å²) in [6.07, 6.45) is 1.07. The highest BCUT2D eigenvalue weighted by atomic mass is 32.2. The van der Waals surface area contributed by atoms with Gasteiger partial charge in [-0.1, -0.05) is 45.9 Å². The lowest BCUT2D eigenvalue weighted by Crippen LogP contribution is -2.33. The van der Waals surface area contributed by atoms with Crippen molar-refractivity contribution in [1.82, 2.24) is 0 Å². The van der Waals surface area contributed by atoms with Crippen LogP contribution in [0.1, 0.15) is 50.7 Å². The maximum absolute atomic E-state index is 13.4. The summed E-state index contributed by atoms with van der Waals surface area (Å²) in [7, 11) is -8.55. The van der Waals surface area contributed by atoms with Crippen molar-refractivity contribution in [2.75, 3.05) is 0 Å². The van der Waals surface area contributed by atoms with Gasteiger partial charge >= 0.3 is 5.03 Å². The van der Waals surface area contributed by atoms with Crippen LogP contribution in [-0.4, -0.2) is 16.8 Å². The van der Waals surface area contributed by atoms with Crippen LogP contribution in [0.3, 0.4) is 0 Å². The topological polar surface area (TPSA) is 95.2 Å². The van der Waals surface area contributed by atoms with Crippen LogP contribution in [0.15, 0.2) is 86.6 Å². The molecule has 0 saturated carbocycles. The molecule has 0 saturated heterocycles. The average molecular weight is 460 g/mol.